The summed E-state index contributed by atoms with van der Waals surface area (Å²) in [5, 5.41) is 14.6. The number of halogens is 1. The van der Waals surface area contributed by atoms with Gasteiger partial charge < -0.3 is 10.2 Å². The monoisotopic (exact) mass is 392 g/mol. The van der Waals surface area contributed by atoms with Crippen molar-refractivity contribution < 1.29 is 0 Å². The van der Waals surface area contributed by atoms with Crippen LogP contribution in [-0.4, -0.2) is 34.1 Å². The minimum Gasteiger partial charge on any atom is -0.381 e. The molecule has 3 aromatic rings. The van der Waals surface area contributed by atoms with Crippen LogP contribution in [0, 0.1) is 11.3 Å². The highest BCUT2D eigenvalue weighted by Crippen LogP contribution is 2.30. The maximum absolute atomic E-state index is 9.53. The molecule has 4 rings (SSSR count). The Kier molecular flexibility index (Phi) is 5.27. The van der Waals surface area contributed by atoms with Crippen molar-refractivity contribution in [3.8, 4) is 6.07 Å². The van der Waals surface area contributed by atoms with Crippen molar-refractivity contribution in [1.29, 1.82) is 5.26 Å². The van der Waals surface area contributed by atoms with E-state index in [4.69, 9.17) is 11.6 Å². The molecule has 0 aliphatic carbocycles. The molecule has 1 saturated heterocycles. The van der Waals surface area contributed by atoms with Gasteiger partial charge in [-0.1, -0.05) is 18.5 Å². The van der Waals surface area contributed by atoms with E-state index in [9.17, 15) is 5.26 Å². The van der Waals surface area contributed by atoms with Gasteiger partial charge in [0.15, 0.2) is 0 Å². The van der Waals surface area contributed by atoms with Crippen molar-refractivity contribution >= 4 is 34.0 Å². The Balaban J connectivity index is 1.52. The maximum Gasteiger partial charge on any atom is 0.132 e. The number of benzene rings is 1. The zero-order valence-corrected chi connectivity index (χ0v) is 16.4. The molecule has 0 unspecified atom stereocenters. The molecule has 3 heterocycles. The van der Waals surface area contributed by atoms with Gasteiger partial charge in [-0.3, -0.25) is 4.98 Å². The molecular weight excluding hydrogens is 372 g/mol. The van der Waals surface area contributed by atoms with E-state index < -0.39 is 0 Å². The van der Waals surface area contributed by atoms with Gasteiger partial charge in [-0.2, -0.15) is 5.26 Å². The van der Waals surface area contributed by atoms with Gasteiger partial charge in [0.2, 0.25) is 0 Å². The lowest BCUT2D eigenvalue weighted by atomic mass is 10.0. The predicted octanol–water partition coefficient (Wildman–Crippen LogP) is 4.19. The summed E-state index contributed by atoms with van der Waals surface area (Å²) in [4.78, 5) is 15.4. The van der Waals surface area contributed by atoms with Gasteiger partial charge in [0, 0.05) is 47.5 Å². The minimum absolute atomic E-state index is 0.278. The molecule has 142 valence electrons. The number of pyridine rings is 1. The van der Waals surface area contributed by atoms with E-state index in [1.54, 1.807) is 12.5 Å². The number of nitrogens with zero attached hydrogens (tertiary/aromatic N) is 5. The van der Waals surface area contributed by atoms with Crippen LogP contribution in [0.3, 0.4) is 0 Å². The third-order valence-electron chi connectivity index (χ3n) is 5.19. The molecule has 0 bridgehead atoms. The molecule has 0 radical (unpaired) electrons. The van der Waals surface area contributed by atoms with Gasteiger partial charge in [0.05, 0.1) is 16.8 Å². The molecule has 7 heteroatoms. The van der Waals surface area contributed by atoms with Crippen molar-refractivity contribution in [1.82, 2.24) is 15.0 Å². The SMILES string of the molecule is CCc1cc(N2CCC(Nc3c(C#N)cnc4ccc(Cl)cc34)CC2)ncn1. The molecule has 2 aromatic heterocycles. The van der Waals surface area contributed by atoms with Crippen LogP contribution in [0.5, 0.6) is 0 Å². The number of fused-ring (bicyclic) bond motifs is 1. The highest BCUT2D eigenvalue weighted by atomic mass is 35.5. The zero-order chi connectivity index (χ0) is 19.5. The van der Waals surface area contributed by atoms with Gasteiger partial charge in [0.25, 0.3) is 0 Å². The quantitative estimate of drug-likeness (QED) is 0.717. The molecular formula is C21H21ClN6. The molecule has 0 amide bonds. The first-order valence-electron chi connectivity index (χ1n) is 9.48. The lowest BCUT2D eigenvalue weighted by Crippen LogP contribution is -2.39. The fourth-order valence-electron chi connectivity index (χ4n) is 3.61. The maximum atomic E-state index is 9.53. The minimum atomic E-state index is 0.278. The topological polar surface area (TPSA) is 77.7 Å². The number of aryl methyl sites for hydroxylation is 1. The van der Waals surface area contributed by atoms with Gasteiger partial charge in [-0.05, 0) is 37.5 Å². The first-order valence-corrected chi connectivity index (χ1v) is 9.86. The normalized spacial score (nSPS) is 14.8. The van der Waals surface area contributed by atoms with E-state index in [2.05, 4.69) is 44.2 Å². The third kappa shape index (κ3) is 3.71. The van der Waals surface area contributed by atoms with Crippen molar-refractivity contribution in [2.45, 2.75) is 32.2 Å². The van der Waals surface area contributed by atoms with Gasteiger partial charge >= 0.3 is 0 Å². The van der Waals surface area contributed by atoms with E-state index in [1.807, 2.05) is 18.2 Å². The molecule has 1 aromatic carbocycles. The first-order chi connectivity index (χ1) is 13.7. The molecule has 0 atom stereocenters. The summed E-state index contributed by atoms with van der Waals surface area (Å²) in [6.45, 7) is 3.91. The van der Waals surface area contributed by atoms with E-state index in [1.165, 1.54) is 0 Å². The van der Waals surface area contributed by atoms with E-state index in [-0.39, 0.29) is 6.04 Å². The van der Waals surface area contributed by atoms with Crippen LogP contribution in [0.25, 0.3) is 10.9 Å². The van der Waals surface area contributed by atoms with Crippen LogP contribution in [0.15, 0.2) is 36.8 Å². The van der Waals surface area contributed by atoms with E-state index in [0.717, 1.165) is 60.5 Å². The molecule has 1 fully saturated rings. The molecule has 6 nitrogen and oxygen atoms in total. The van der Waals surface area contributed by atoms with Crippen molar-refractivity contribution in [3.63, 3.8) is 0 Å². The Bertz CT molecular complexity index is 1040. The smallest absolute Gasteiger partial charge is 0.132 e. The fourth-order valence-corrected chi connectivity index (χ4v) is 3.79. The van der Waals surface area contributed by atoms with Crippen molar-refractivity contribution in [2.75, 3.05) is 23.3 Å². The molecule has 1 aliphatic heterocycles. The van der Waals surface area contributed by atoms with E-state index >= 15 is 0 Å². The van der Waals surface area contributed by atoms with Crippen LogP contribution in [0.1, 0.15) is 31.0 Å². The number of hydrogen-bond acceptors (Lipinski definition) is 6. The van der Waals surface area contributed by atoms with Crippen LogP contribution >= 0.6 is 11.6 Å². The second-order valence-electron chi connectivity index (χ2n) is 6.95. The average Bonchev–Trinajstić information content (AvgIpc) is 2.74. The summed E-state index contributed by atoms with van der Waals surface area (Å²) in [6, 6.07) is 10.2. The highest BCUT2D eigenvalue weighted by molar-refractivity contribution is 6.31. The zero-order valence-electron chi connectivity index (χ0n) is 15.7. The Labute approximate surface area is 169 Å². The van der Waals surface area contributed by atoms with Crippen molar-refractivity contribution in [2.24, 2.45) is 0 Å². The number of hydrogen-bond donors (Lipinski definition) is 1. The first kappa shape index (κ1) is 18.5. The Hall–Kier alpha value is -2.91. The Morgan fingerprint density at radius 1 is 1.21 bits per heavy atom. The summed E-state index contributed by atoms with van der Waals surface area (Å²) in [6.07, 6.45) is 6.09. The number of nitrogens with one attached hydrogen (secondary N) is 1. The fraction of sp³-hybridized carbons (Fsp3) is 0.333. The third-order valence-corrected chi connectivity index (χ3v) is 5.42. The lowest BCUT2D eigenvalue weighted by Gasteiger charge is -2.34. The second-order valence-corrected chi connectivity index (χ2v) is 7.38. The summed E-state index contributed by atoms with van der Waals surface area (Å²) in [5.74, 6) is 0.990. The molecule has 28 heavy (non-hydrogen) atoms. The summed E-state index contributed by atoms with van der Waals surface area (Å²) >= 11 is 6.18. The molecule has 0 saturated carbocycles. The Morgan fingerprint density at radius 2 is 2.04 bits per heavy atom. The number of aromatic nitrogens is 3. The average molecular weight is 393 g/mol. The number of rotatable bonds is 4. The number of nitriles is 1. The van der Waals surface area contributed by atoms with E-state index in [0.29, 0.717) is 10.6 Å². The summed E-state index contributed by atoms with van der Waals surface area (Å²) in [7, 11) is 0. The summed E-state index contributed by atoms with van der Waals surface area (Å²) in [5.41, 5.74) is 3.25. The van der Waals surface area contributed by atoms with Crippen LogP contribution in [0.2, 0.25) is 5.02 Å². The number of piperidine rings is 1. The van der Waals surface area contributed by atoms with Crippen LogP contribution in [0.4, 0.5) is 11.5 Å². The summed E-state index contributed by atoms with van der Waals surface area (Å²) < 4.78 is 0. The van der Waals surface area contributed by atoms with Gasteiger partial charge in [0.1, 0.15) is 18.2 Å². The second kappa shape index (κ2) is 7.99. The molecule has 1 N–H and O–H groups in total. The predicted molar refractivity (Wildman–Crippen MR) is 112 cm³/mol. The molecule has 0 spiro atoms. The standard InChI is InChI=1S/C21H21ClN6/c1-2-16-10-20(26-13-25-16)28-7-5-17(6-8-28)27-21-14(11-23)12-24-19-4-3-15(22)9-18(19)21/h3-4,9-10,12-13,17H,2,5-8H2,1H3,(H,24,27). The highest BCUT2D eigenvalue weighted by Gasteiger charge is 2.22. The number of anilines is 2. The van der Waals surface area contributed by atoms with Gasteiger partial charge in [-0.25, -0.2) is 9.97 Å². The van der Waals surface area contributed by atoms with Crippen LogP contribution < -0.4 is 10.2 Å². The van der Waals surface area contributed by atoms with Gasteiger partial charge in [-0.15, -0.1) is 0 Å². The Morgan fingerprint density at radius 3 is 2.79 bits per heavy atom. The molecule has 1 aliphatic rings. The lowest BCUT2D eigenvalue weighted by molar-refractivity contribution is 0.523. The largest absolute Gasteiger partial charge is 0.381 e. The van der Waals surface area contributed by atoms with Crippen molar-refractivity contribution in [3.05, 3.63) is 53.1 Å². The van der Waals surface area contributed by atoms with Crippen LogP contribution in [-0.2, 0) is 6.42 Å².